The average molecular weight is 1350 g/mol. The van der Waals surface area contributed by atoms with Gasteiger partial charge in [-0.25, -0.2) is 9.80 Å². The molecule has 0 spiro atoms. The van der Waals surface area contributed by atoms with Crippen molar-refractivity contribution in [3.63, 3.8) is 0 Å². The summed E-state index contributed by atoms with van der Waals surface area (Å²) in [5.41, 5.74) is 10.4. The van der Waals surface area contributed by atoms with Crippen LogP contribution in [0.5, 0.6) is 0 Å². The van der Waals surface area contributed by atoms with Crippen LogP contribution in [0, 0.1) is 23.7 Å². The van der Waals surface area contributed by atoms with E-state index >= 15 is 38.4 Å². The smallest absolute Gasteiger partial charge is 0.324 e. The fourth-order valence-corrected chi connectivity index (χ4v) is 12.7. The second-order valence-electron chi connectivity index (χ2n) is 27.9. The maximum Gasteiger partial charge on any atom is 0.324 e. The summed E-state index contributed by atoms with van der Waals surface area (Å²) in [5.74, 6) is -12.0. The number of imide groups is 1. The Balaban J connectivity index is 1.53. The van der Waals surface area contributed by atoms with Gasteiger partial charge in [-0.05, 0) is 94.4 Å². The number of fused-ring (bicyclic) bond motifs is 1. The molecule has 532 valence electrons. The number of piperidine rings is 1. The Hall–Kier alpha value is -8.33. The van der Waals surface area contributed by atoms with Crippen LogP contribution in [0.15, 0.2) is 91.0 Å². The van der Waals surface area contributed by atoms with Gasteiger partial charge in [0.25, 0.3) is 29.5 Å². The van der Waals surface area contributed by atoms with Crippen LogP contribution in [-0.2, 0) is 67.2 Å². The predicted octanol–water partition coefficient (Wildman–Crippen LogP) is 2.82. The minimum absolute atomic E-state index is 0.00535. The van der Waals surface area contributed by atoms with Crippen LogP contribution in [0.1, 0.15) is 124 Å². The molecule has 3 heterocycles. The van der Waals surface area contributed by atoms with E-state index in [0.717, 1.165) is 24.0 Å². The van der Waals surface area contributed by atoms with Gasteiger partial charge in [-0.3, -0.25) is 63.5 Å². The Morgan fingerprint density at radius 1 is 0.546 bits per heavy atom. The zero-order valence-electron chi connectivity index (χ0n) is 59.5. The highest BCUT2D eigenvalue weighted by atomic mass is 16.3. The number of likely N-dealkylation sites (N-methyl/N-ethyl adjacent to an activating group) is 6. The topological polar surface area (TPSA) is 330 Å². The molecular formula is C71H106N14O12. The molecule has 8 N–H and O–H groups in total. The Morgan fingerprint density at radius 3 is 1.51 bits per heavy atom. The van der Waals surface area contributed by atoms with E-state index in [2.05, 4.69) is 26.7 Å². The van der Waals surface area contributed by atoms with Crippen LogP contribution < -0.4 is 32.4 Å². The fourth-order valence-electron chi connectivity index (χ4n) is 12.7. The number of likely N-dealkylation sites (tertiary alicyclic amines) is 1. The van der Waals surface area contributed by atoms with Crippen LogP contribution in [0.3, 0.4) is 0 Å². The van der Waals surface area contributed by atoms with Gasteiger partial charge in [0.1, 0.15) is 42.0 Å². The van der Waals surface area contributed by atoms with Gasteiger partial charge in [0.05, 0.1) is 12.1 Å². The van der Waals surface area contributed by atoms with Crippen LogP contribution in [-0.4, -0.2) is 231 Å². The molecule has 0 radical (unpaired) electrons. The third kappa shape index (κ3) is 18.5. The van der Waals surface area contributed by atoms with E-state index in [4.69, 9.17) is 5.73 Å². The molecule has 3 saturated heterocycles. The second kappa shape index (κ2) is 33.8. The molecule has 3 aliphatic heterocycles. The number of hydrogen-bond acceptors (Lipinski definition) is 15. The lowest BCUT2D eigenvalue weighted by molar-refractivity contribution is -0.153. The lowest BCUT2D eigenvalue weighted by atomic mass is 9.96. The molecule has 12 amide bonds. The Labute approximate surface area is 572 Å². The number of nitrogens with zero attached hydrogens (tertiary/aromatic N) is 8. The Morgan fingerprint density at radius 2 is 1.01 bits per heavy atom. The van der Waals surface area contributed by atoms with Crippen molar-refractivity contribution in [2.45, 2.75) is 193 Å². The second-order valence-corrected chi connectivity index (χ2v) is 27.9. The van der Waals surface area contributed by atoms with Crippen molar-refractivity contribution in [2.75, 3.05) is 55.4 Å². The average Bonchev–Trinajstić information content (AvgIpc) is 1.56. The van der Waals surface area contributed by atoms with Crippen LogP contribution in [0.2, 0.25) is 0 Å². The van der Waals surface area contributed by atoms with Gasteiger partial charge in [0.15, 0.2) is 6.04 Å². The maximum absolute atomic E-state index is 15.6. The highest BCUT2D eigenvalue weighted by Gasteiger charge is 2.65. The number of aryl methyl sites for hydroxylation is 1. The fraction of sp³-hybridized carbons (Fsp3) is 0.592. The van der Waals surface area contributed by atoms with Crippen molar-refractivity contribution in [3.05, 3.63) is 108 Å². The molecule has 3 aliphatic rings. The minimum atomic E-state index is -1.97. The van der Waals surface area contributed by atoms with Crippen LogP contribution in [0.25, 0.3) is 0 Å². The molecule has 97 heavy (non-hydrogen) atoms. The summed E-state index contributed by atoms with van der Waals surface area (Å²) < 4.78 is 0. The van der Waals surface area contributed by atoms with E-state index in [-0.39, 0.29) is 63.5 Å². The number of hydrogen-bond donors (Lipinski definition) is 7. The molecule has 6 rings (SSSR count). The van der Waals surface area contributed by atoms with Crippen molar-refractivity contribution in [1.29, 1.82) is 0 Å². The first-order valence-corrected chi connectivity index (χ1v) is 33.9. The van der Waals surface area contributed by atoms with Crippen molar-refractivity contribution in [1.82, 2.24) is 66.0 Å². The first-order valence-electron chi connectivity index (χ1n) is 33.9. The lowest BCUT2D eigenvalue weighted by Gasteiger charge is -2.46. The Bertz CT molecular complexity index is 3260. The van der Waals surface area contributed by atoms with Crippen molar-refractivity contribution >= 4 is 65.1 Å². The number of carbonyl (C=O) groups is 11. The summed E-state index contributed by atoms with van der Waals surface area (Å²) >= 11 is 0. The summed E-state index contributed by atoms with van der Waals surface area (Å²) in [7, 11) is 8.31. The third-order valence-corrected chi connectivity index (χ3v) is 19.4. The highest BCUT2D eigenvalue weighted by Crippen LogP contribution is 2.35. The lowest BCUT2D eigenvalue weighted by Crippen LogP contribution is -2.74. The first-order chi connectivity index (χ1) is 45.6. The maximum atomic E-state index is 15.6. The monoisotopic (exact) mass is 1350 g/mol. The molecule has 26 heteroatoms. The first kappa shape index (κ1) is 77.7. The zero-order valence-corrected chi connectivity index (χ0v) is 59.5. The summed E-state index contributed by atoms with van der Waals surface area (Å²) in [6, 6.07) is 14.0. The summed E-state index contributed by atoms with van der Waals surface area (Å²) in [6.45, 7) is 17.4. The molecule has 0 saturated carbocycles. The normalized spacial score (nSPS) is 27.1. The van der Waals surface area contributed by atoms with Gasteiger partial charge in [-0.1, -0.05) is 146 Å². The number of hydrazine groups is 1. The predicted molar refractivity (Wildman–Crippen MR) is 366 cm³/mol. The standard InChI is InChI=1S/C71H106N14O12/c1-43(2)39-54-63(91)78(11)53(41-50-31-23-18-24-32-50)59(87)74-58(66(94)84-37-27-20-28-38-84)60(88)76-71(72,46(7)8)83(16)47(9)61(89)79(12)56(42-51-33-25-19-26-34-51)64(92)81(14)55(40-44(3)4)65(93)82(15)69(97)75-57(48(10)86)67(95)85-70(77-85,45(5)6)68(96)73-52(62(90)80(54)13)36-35-49-29-21-17-22-30-49/h17-19,21-26,29-34,43-48,52-58,77,86H,20,27-28,35-42,72H2,1-16H3,(H,73,96)(H,74,87)(H,75,97)(H,76,88)/t47-,48+,52-,53-,54-,55?,56?,57-,58-,70-,71-,85?/m0/s1. The van der Waals surface area contributed by atoms with Gasteiger partial charge in [0.2, 0.25) is 35.2 Å². The molecule has 0 aliphatic carbocycles. The molecule has 3 aromatic rings. The quantitative estimate of drug-likeness (QED) is 0.0850. The molecule has 3 fully saturated rings. The molecule has 26 nitrogen and oxygen atoms in total. The molecule has 2 unspecified atom stereocenters. The van der Waals surface area contributed by atoms with Gasteiger partial charge in [-0.2, -0.15) is 5.43 Å². The Kier molecular flexibility index (Phi) is 27.0. The number of aliphatic hydroxyl groups is 1. The van der Waals surface area contributed by atoms with E-state index in [0.29, 0.717) is 28.9 Å². The number of amides is 12. The number of nitrogens with two attached hydrogens (primary N) is 1. The number of nitrogens with one attached hydrogen (secondary N) is 5. The molecule has 0 bridgehead atoms. The van der Waals surface area contributed by atoms with Gasteiger partial charge in [-0.15, -0.1) is 0 Å². The van der Waals surface area contributed by atoms with Crippen molar-refractivity contribution in [2.24, 2.45) is 29.4 Å². The summed E-state index contributed by atoms with van der Waals surface area (Å²) in [5, 5.41) is 23.2. The number of rotatable bonds is 15. The number of benzene rings is 3. The van der Waals surface area contributed by atoms with E-state index in [1.807, 2.05) is 58.0 Å². The van der Waals surface area contributed by atoms with Crippen LogP contribution >= 0.6 is 0 Å². The third-order valence-electron chi connectivity index (χ3n) is 19.4. The molecule has 11 atom stereocenters. The highest BCUT2D eigenvalue weighted by molar-refractivity contribution is 6.08. The molecular weight excluding hydrogens is 1240 g/mol. The van der Waals surface area contributed by atoms with E-state index in [1.54, 1.807) is 88.4 Å². The number of urea groups is 1. The summed E-state index contributed by atoms with van der Waals surface area (Å²) in [4.78, 5) is 175. The molecule has 3 aromatic carbocycles. The van der Waals surface area contributed by atoms with E-state index in [9.17, 15) is 19.5 Å². The minimum Gasteiger partial charge on any atom is -0.391 e. The van der Waals surface area contributed by atoms with Crippen LogP contribution in [0.4, 0.5) is 4.79 Å². The number of carbonyl (C=O) groups excluding carboxylic acids is 11. The largest absolute Gasteiger partial charge is 0.391 e. The molecule has 0 aromatic heterocycles. The van der Waals surface area contributed by atoms with Crippen molar-refractivity contribution < 1.29 is 57.8 Å². The van der Waals surface area contributed by atoms with E-state index < -0.39 is 143 Å². The summed E-state index contributed by atoms with van der Waals surface area (Å²) in [6.07, 6.45) is 0.592. The number of aliphatic hydroxyl groups excluding tert-OH is 1. The van der Waals surface area contributed by atoms with Gasteiger partial charge < -0.3 is 50.9 Å². The van der Waals surface area contributed by atoms with Gasteiger partial charge >= 0.3 is 6.03 Å². The zero-order chi connectivity index (χ0) is 72.1. The van der Waals surface area contributed by atoms with Gasteiger partial charge in [0, 0.05) is 73.0 Å². The van der Waals surface area contributed by atoms with Crippen molar-refractivity contribution in [3.8, 4) is 0 Å². The SMILES string of the molecule is CC(C)CC1C(=O)N(C)C(=O)N[C@@H]([C@@H](C)O)C(=O)N2N[C@]2(C(C)C)C(=O)N[C@@H](CCc2ccccc2)C(=O)N(C)[C@@H](CC(C)C)C(=O)N(C)[C@@H](Cc2ccccc2)C(=O)N[C@H](C(=O)N2CCCCC2)C(=O)N[C@@](N)(C(C)C)N(C)[C@@H](C)C(=O)N(C)C(Cc2ccccc2)C(=O)N1C. The van der Waals surface area contributed by atoms with E-state index in [1.165, 1.54) is 78.5 Å².